The summed E-state index contributed by atoms with van der Waals surface area (Å²) in [6.45, 7) is 0. The van der Waals surface area contributed by atoms with Crippen LogP contribution in [0.15, 0.2) is 40.9 Å². The molecule has 0 fully saturated rings. The van der Waals surface area contributed by atoms with Gasteiger partial charge < -0.3 is 0 Å². The summed E-state index contributed by atoms with van der Waals surface area (Å²) in [6.07, 6.45) is 0. The second-order valence-corrected chi connectivity index (χ2v) is 6.04. The zero-order chi connectivity index (χ0) is 14.0. The Hall–Kier alpha value is -0.290. The Bertz CT molecular complexity index is 604. The van der Waals surface area contributed by atoms with E-state index in [1.807, 2.05) is 24.3 Å². The lowest BCUT2D eigenvalue weighted by Crippen LogP contribution is -2.29. The Morgan fingerprint density at radius 3 is 2.32 bits per heavy atom. The maximum absolute atomic E-state index is 6.03. The van der Waals surface area contributed by atoms with Crippen molar-refractivity contribution in [2.24, 2.45) is 5.84 Å². The van der Waals surface area contributed by atoms with Crippen molar-refractivity contribution in [2.75, 3.05) is 0 Å². The topological polar surface area (TPSA) is 38.0 Å². The molecular weight excluding hydrogens is 370 g/mol. The first-order chi connectivity index (χ1) is 9.02. The maximum atomic E-state index is 6.03. The molecule has 0 amide bonds. The number of nitrogens with two attached hydrogens (primary N) is 1. The maximum Gasteiger partial charge on any atom is 0.0721 e. The van der Waals surface area contributed by atoms with E-state index < -0.39 is 0 Å². The standard InChI is InChI=1S/C13H10BrCl3N2/c14-10-6-8(15)2-3-9(10)13(19-18)7-1-4-11(16)12(17)5-7/h1-6,13,19H,18H2. The van der Waals surface area contributed by atoms with Gasteiger partial charge in [-0.1, -0.05) is 62.9 Å². The average molecular weight is 381 g/mol. The zero-order valence-corrected chi connectivity index (χ0v) is 13.5. The van der Waals surface area contributed by atoms with Gasteiger partial charge in [0.15, 0.2) is 0 Å². The van der Waals surface area contributed by atoms with Gasteiger partial charge in [-0.25, -0.2) is 5.43 Å². The van der Waals surface area contributed by atoms with Crippen molar-refractivity contribution in [2.45, 2.75) is 6.04 Å². The fourth-order valence-corrected chi connectivity index (χ4v) is 3.01. The minimum atomic E-state index is -0.207. The Morgan fingerprint density at radius 1 is 1.00 bits per heavy atom. The van der Waals surface area contributed by atoms with Crippen molar-refractivity contribution in [3.05, 3.63) is 67.1 Å². The van der Waals surface area contributed by atoms with E-state index in [1.54, 1.807) is 12.1 Å². The fourth-order valence-electron chi connectivity index (χ4n) is 1.79. The van der Waals surface area contributed by atoms with E-state index in [-0.39, 0.29) is 6.04 Å². The highest BCUT2D eigenvalue weighted by Gasteiger charge is 2.16. The predicted octanol–water partition coefficient (Wildman–Crippen LogP) is 4.96. The average Bonchev–Trinajstić information content (AvgIpc) is 2.37. The monoisotopic (exact) mass is 378 g/mol. The molecule has 3 N–H and O–H groups in total. The number of halogens is 4. The molecule has 1 unspecified atom stereocenters. The van der Waals surface area contributed by atoms with Crippen molar-refractivity contribution in [3.8, 4) is 0 Å². The van der Waals surface area contributed by atoms with Crippen LogP contribution in [0.5, 0.6) is 0 Å². The molecule has 2 aromatic rings. The molecule has 0 radical (unpaired) electrons. The van der Waals surface area contributed by atoms with E-state index in [0.29, 0.717) is 15.1 Å². The molecule has 0 bridgehead atoms. The van der Waals surface area contributed by atoms with Crippen LogP contribution in [0.2, 0.25) is 15.1 Å². The fraction of sp³-hybridized carbons (Fsp3) is 0.0769. The van der Waals surface area contributed by atoms with E-state index in [1.165, 1.54) is 0 Å². The molecule has 1 atom stereocenters. The van der Waals surface area contributed by atoms with E-state index in [9.17, 15) is 0 Å². The molecule has 0 aromatic heterocycles. The third-order valence-electron chi connectivity index (χ3n) is 2.72. The third kappa shape index (κ3) is 3.43. The van der Waals surface area contributed by atoms with Crippen LogP contribution in [0.3, 0.4) is 0 Å². The lowest BCUT2D eigenvalue weighted by Gasteiger charge is -2.19. The van der Waals surface area contributed by atoms with Crippen LogP contribution in [0, 0.1) is 0 Å². The molecule has 0 aliphatic heterocycles. The normalized spacial score (nSPS) is 12.5. The summed E-state index contributed by atoms with van der Waals surface area (Å²) in [6, 6.07) is 10.7. The first kappa shape index (κ1) is 15.1. The number of rotatable bonds is 3. The highest BCUT2D eigenvalue weighted by atomic mass is 79.9. The third-order valence-corrected chi connectivity index (χ3v) is 4.38. The summed E-state index contributed by atoms with van der Waals surface area (Å²) >= 11 is 21.4. The molecule has 100 valence electrons. The van der Waals surface area contributed by atoms with E-state index in [0.717, 1.165) is 15.6 Å². The summed E-state index contributed by atoms with van der Waals surface area (Å²) in [5, 5.41) is 1.65. The Balaban J connectivity index is 2.46. The summed E-state index contributed by atoms with van der Waals surface area (Å²) in [4.78, 5) is 0. The van der Waals surface area contributed by atoms with Gasteiger partial charge in [-0.15, -0.1) is 0 Å². The summed E-state index contributed by atoms with van der Waals surface area (Å²) in [7, 11) is 0. The quantitative estimate of drug-likeness (QED) is 0.583. The zero-order valence-electron chi connectivity index (χ0n) is 9.63. The predicted molar refractivity (Wildman–Crippen MR) is 84.8 cm³/mol. The number of hydrazine groups is 1. The van der Waals surface area contributed by atoms with Crippen LogP contribution < -0.4 is 11.3 Å². The minimum Gasteiger partial charge on any atom is -0.271 e. The van der Waals surface area contributed by atoms with Crippen LogP contribution in [0.4, 0.5) is 0 Å². The van der Waals surface area contributed by atoms with Gasteiger partial charge in [-0.2, -0.15) is 0 Å². The number of hydrogen-bond donors (Lipinski definition) is 2. The van der Waals surface area contributed by atoms with Crippen LogP contribution >= 0.6 is 50.7 Å². The van der Waals surface area contributed by atoms with Gasteiger partial charge in [-0.05, 0) is 35.4 Å². The van der Waals surface area contributed by atoms with Crippen molar-refractivity contribution >= 4 is 50.7 Å². The van der Waals surface area contributed by atoms with E-state index >= 15 is 0 Å². The Kier molecular flexibility index (Phi) is 5.12. The second kappa shape index (κ2) is 6.44. The summed E-state index contributed by atoms with van der Waals surface area (Å²) in [5.74, 6) is 5.65. The SMILES string of the molecule is NNC(c1ccc(Cl)c(Cl)c1)c1ccc(Cl)cc1Br. The Morgan fingerprint density at radius 2 is 1.74 bits per heavy atom. The van der Waals surface area contributed by atoms with Crippen LogP contribution in [-0.4, -0.2) is 0 Å². The minimum absolute atomic E-state index is 0.207. The van der Waals surface area contributed by atoms with Gasteiger partial charge in [0.05, 0.1) is 16.1 Å². The molecular formula is C13H10BrCl3N2. The van der Waals surface area contributed by atoms with Crippen molar-refractivity contribution in [1.82, 2.24) is 5.43 Å². The van der Waals surface area contributed by atoms with Crippen molar-refractivity contribution in [3.63, 3.8) is 0 Å². The molecule has 0 saturated carbocycles. The Labute approximate surface area is 134 Å². The molecule has 0 heterocycles. The molecule has 0 saturated heterocycles. The van der Waals surface area contributed by atoms with Gasteiger partial charge in [-0.3, -0.25) is 5.84 Å². The van der Waals surface area contributed by atoms with Gasteiger partial charge in [0.2, 0.25) is 0 Å². The lowest BCUT2D eigenvalue weighted by atomic mass is 9.99. The molecule has 0 aliphatic rings. The molecule has 2 nitrogen and oxygen atoms in total. The summed E-state index contributed by atoms with van der Waals surface area (Å²) < 4.78 is 0.869. The highest BCUT2D eigenvalue weighted by Crippen LogP contribution is 2.33. The second-order valence-electron chi connectivity index (χ2n) is 3.94. The van der Waals surface area contributed by atoms with Gasteiger partial charge in [0.1, 0.15) is 0 Å². The van der Waals surface area contributed by atoms with Crippen LogP contribution in [0.25, 0.3) is 0 Å². The molecule has 6 heteroatoms. The van der Waals surface area contributed by atoms with Gasteiger partial charge >= 0.3 is 0 Å². The lowest BCUT2D eigenvalue weighted by molar-refractivity contribution is 0.635. The number of benzene rings is 2. The van der Waals surface area contributed by atoms with Gasteiger partial charge in [0.25, 0.3) is 0 Å². The van der Waals surface area contributed by atoms with Crippen molar-refractivity contribution < 1.29 is 0 Å². The first-order valence-electron chi connectivity index (χ1n) is 5.39. The molecule has 2 rings (SSSR count). The van der Waals surface area contributed by atoms with Crippen LogP contribution in [0.1, 0.15) is 17.2 Å². The molecule has 19 heavy (non-hydrogen) atoms. The highest BCUT2D eigenvalue weighted by molar-refractivity contribution is 9.10. The molecule has 0 spiro atoms. The molecule has 0 aliphatic carbocycles. The van der Waals surface area contributed by atoms with E-state index in [2.05, 4.69) is 21.4 Å². The number of hydrogen-bond acceptors (Lipinski definition) is 2. The number of nitrogens with one attached hydrogen (secondary N) is 1. The van der Waals surface area contributed by atoms with E-state index in [4.69, 9.17) is 40.6 Å². The van der Waals surface area contributed by atoms with Crippen molar-refractivity contribution in [1.29, 1.82) is 0 Å². The van der Waals surface area contributed by atoms with Gasteiger partial charge in [0, 0.05) is 9.50 Å². The largest absolute Gasteiger partial charge is 0.271 e. The molecule has 2 aromatic carbocycles. The van der Waals surface area contributed by atoms with Crippen LogP contribution in [-0.2, 0) is 0 Å². The summed E-state index contributed by atoms with van der Waals surface area (Å²) in [5.41, 5.74) is 4.65. The first-order valence-corrected chi connectivity index (χ1v) is 7.31. The smallest absolute Gasteiger partial charge is 0.0721 e.